The molecule has 6 heteroatoms. The Bertz CT molecular complexity index is 918. The van der Waals surface area contributed by atoms with Gasteiger partial charge in [-0.15, -0.1) is 5.10 Å². The second kappa shape index (κ2) is 5.85. The van der Waals surface area contributed by atoms with Gasteiger partial charge in [0.1, 0.15) is 17.5 Å². The number of nitriles is 1. The predicted octanol–water partition coefficient (Wildman–Crippen LogP) is 3.47. The van der Waals surface area contributed by atoms with Crippen molar-refractivity contribution in [3.8, 4) is 6.07 Å². The van der Waals surface area contributed by atoms with E-state index in [1.807, 2.05) is 43.3 Å². The number of aromatic nitrogens is 3. The van der Waals surface area contributed by atoms with Crippen LogP contribution in [-0.4, -0.2) is 21.1 Å². The first kappa shape index (κ1) is 14.5. The van der Waals surface area contributed by atoms with Gasteiger partial charge >= 0.3 is 0 Å². The molecular formula is C18H18N6. The minimum atomic E-state index is 0.456. The summed E-state index contributed by atoms with van der Waals surface area (Å²) in [6.07, 6.45) is 2.56. The first-order valence-electron chi connectivity index (χ1n) is 8.11. The molecule has 4 rings (SSSR count). The quantitative estimate of drug-likeness (QED) is 0.753. The fraction of sp³-hybridized carbons (Fsp3) is 0.278. The van der Waals surface area contributed by atoms with Crippen molar-refractivity contribution in [2.75, 3.05) is 17.2 Å². The molecule has 0 atom stereocenters. The molecule has 0 radical (unpaired) electrons. The SMILES string of the molecule is Cc1cc(NCC2CC2)n2nc(Nc3ccccc3)c(C#N)c2n1. The predicted molar refractivity (Wildman–Crippen MR) is 93.4 cm³/mol. The van der Waals surface area contributed by atoms with E-state index < -0.39 is 0 Å². The van der Waals surface area contributed by atoms with E-state index in [2.05, 4.69) is 26.8 Å². The van der Waals surface area contributed by atoms with Gasteiger partial charge in [-0.25, -0.2) is 4.98 Å². The van der Waals surface area contributed by atoms with Crippen molar-refractivity contribution in [1.29, 1.82) is 5.26 Å². The number of para-hydroxylation sites is 1. The van der Waals surface area contributed by atoms with E-state index in [1.165, 1.54) is 12.8 Å². The topological polar surface area (TPSA) is 78.0 Å². The van der Waals surface area contributed by atoms with E-state index in [0.717, 1.165) is 29.7 Å². The van der Waals surface area contributed by atoms with Gasteiger partial charge in [-0.1, -0.05) is 18.2 Å². The molecule has 0 amide bonds. The van der Waals surface area contributed by atoms with Crippen molar-refractivity contribution in [3.63, 3.8) is 0 Å². The van der Waals surface area contributed by atoms with Gasteiger partial charge in [0.2, 0.25) is 0 Å². The maximum absolute atomic E-state index is 9.59. The van der Waals surface area contributed by atoms with Gasteiger partial charge < -0.3 is 10.6 Å². The van der Waals surface area contributed by atoms with Crippen LogP contribution in [0, 0.1) is 24.2 Å². The molecule has 0 unspecified atom stereocenters. The van der Waals surface area contributed by atoms with Gasteiger partial charge in [-0.3, -0.25) is 0 Å². The van der Waals surface area contributed by atoms with E-state index in [1.54, 1.807) is 4.52 Å². The molecule has 1 aromatic carbocycles. The molecule has 2 heterocycles. The van der Waals surface area contributed by atoms with Crippen molar-refractivity contribution >= 4 is 23.0 Å². The summed E-state index contributed by atoms with van der Waals surface area (Å²) in [6.45, 7) is 2.86. The van der Waals surface area contributed by atoms with Crippen LogP contribution in [0.15, 0.2) is 36.4 Å². The van der Waals surface area contributed by atoms with E-state index in [-0.39, 0.29) is 0 Å². The average Bonchev–Trinajstić information content (AvgIpc) is 3.35. The lowest BCUT2D eigenvalue weighted by Crippen LogP contribution is -2.09. The van der Waals surface area contributed by atoms with Crippen LogP contribution in [0.5, 0.6) is 0 Å². The van der Waals surface area contributed by atoms with Crippen LogP contribution in [0.1, 0.15) is 24.1 Å². The zero-order valence-electron chi connectivity index (χ0n) is 13.5. The highest BCUT2D eigenvalue weighted by Gasteiger charge is 2.22. The van der Waals surface area contributed by atoms with Crippen LogP contribution in [0.25, 0.3) is 5.65 Å². The van der Waals surface area contributed by atoms with E-state index >= 15 is 0 Å². The largest absolute Gasteiger partial charge is 0.370 e. The summed E-state index contributed by atoms with van der Waals surface area (Å²) in [6, 6.07) is 13.9. The molecule has 6 nitrogen and oxygen atoms in total. The number of hydrogen-bond donors (Lipinski definition) is 2. The third kappa shape index (κ3) is 2.76. The molecule has 0 bridgehead atoms. The highest BCUT2D eigenvalue weighted by Crippen LogP contribution is 2.30. The third-order valence-corrected chi connectivity index (χ3v) is 4.13. The van der Waals surface area contributed by atoms with Crippen LogP contribution < -0.4 is 10.6 Å². The summed E-state index contributed by atoms with van der Waals surface area (Å²) < 4.78 is 1.72. The zero-order chi connectivity index (χ0) is 16.5. The zero-order valence-corrected chi connectivity index (χ0v) is 13.5. The Hall–Kier alpha value is -3.07. The molecule has 1 aliphatic carbocycles. The van der Waals surface area contributed by atoms with Crippen LogP contribution in [0.2, 0.25) is 0 Å². The highest BCUT2D eigenvalue weighted by atomic mass is 15.3. The summed E-state index contributed by atoms with van der Waals surface area (Å²) in [4.78, 5) is 4.51. The number of aryl methyl sites for hydroxylation is 1. The molecule has 1 fully saturated rings. The minimum Gasteiger partial charge on any atom is -0.370 e. The van der Waals surface area contributed by atoms with Crippen LogP contribution in [0.3, 0.4) is 0 Å². The van der Waals surface area contributed by atoms with E-state index in [0.29, 0.717) is 17.0 Å². The smallest absolute Gasteiger partial charge is 0.177 e. The van der Waals surface area contributed by atoms with Gasteiger partial charge in [-0.2, -0.15) is 9.78 Å². The summed E-state index contributed by atoms with van der Waals surface area (Å²) in [5, 5.41) is 20.8. The minimum absolute atomic E-state index is 0.456. The number of hydrogen-bond acceptors (Lipinski definition) is 5. The monoisotopic (exact) mass is 318 g/mol. The van der Waals surface area contributed by atoms with Gasteiger partial charge in [0.15, 0.2) is 11.5 Å². The maximum Gasteiger partial charge on any atom is 0.177 e. The summed E-state index contributed by atoms with van der Waals surface area (Å²) in [5.74, 6) is 2.15. The number of fused-ring (bicyclic) bond motifs is 1. The van der Waals surface area contributed by atoms with Crippen molar-refractivity contribution in [1.82, 2.24) is 14.6 Å². The van der Waals surface area contributed by atoms with Crippen molar-refractivity contribution in [3.05, 3.63) is 47.7 Å². The lowest BCUT2D eigenvalue weighted by Gasteiger charge is -2.08. The Morgan fingerprint density at radius 2 is 2.08 bits per heavy atom. The van der Waals surface area contributed by atoms with Gasteiger partial charge in [0, 0.05) is 24.0 Å². The second-order valence-corrected chi connectivity index (χ2v) is 6.17. The average molecular weight is 318 g/mol. The molecule has 0 spiro atoms. The Labute approximate surface area is 140 Å². The van der Waals surface area contributed by atoms with E-state index in [9.17, 15) is 5.26 Å². The fourth-order valence-electron chi connectivity index (χ4n) is 2.68. The standard InChI is InChI=1S/C18H18N6/c1-12-9-16(20-11-13-7-8-13)24-18(21-12)15(10-19)17(23-24)22-14-5-3-2-4-6-14/h2-6,9,13,20H,7-8,11H2,1H3,(H,22,23). The highest BCUT2D eigenvalue weighted by molar-refractivity contribution is 5.73. The van der Waals surface area contributed by atoms with Gasteiger partial charge in [-0.05, 0) is 37.8 Å². The normalized spacial score (nSPS) is 13.7. The molecule has 3 aromatic rings. The molecule has 1 aliphatic rings. The summed E-state index contributed by atoms with van der Waals surface area (Å²) in [5.41, 5.74) is 2.79. The molecule has 2 N–H and O–H groups in total. The Kier molecular flexibility index (Phi) is 3.54. The number of nitrogens with one attached hydrogen (secondary N) is 2. The van der Waals surface area contributed by atoms with E-state index in [4.69, 9.17) is 0 Å². The lowest BCUT2D eigenvalue weighted by molar-refractivity contribution is 0.855. The van der Waals surface area contributed by atoms with Crippen LogP contribution >= 0.6 is 0 Å². The first-order chi connectivity index (χ1) is 11.7. The number of nitrogens with zero attached hydrogens (tertiary/aromatic N) is 4. The molecular weight excluding hydrogens is 300 g/mol. The Balaban J connectivity index is 1.76. The molecule has 0 saturated heterocycles. The van der Waals surface area contributed by atoms with Crippen molar-refractivity contribution < 1.29 is 0 Å². The first-order valence-corrected chi connectivity index (χ1v) is 8.11. The molecule has 120 valence electrons. The maximum atomic E-state index is 9.59. The molecule has 24 heavy (non-hydrogen) atoms. The Morgan fingerprint density at radius 1 is 1.29 bits per heavy atom. The van der Waals surface area contributed by atoms with Gasteiger partial charge in [0.05, 0.1) is 0 Å². The Morgan fingerprint density at radius 3 is 2.79 bits per heavy atom. The summed E-state index contributed by atoms with van der Waals surface area (Å²) >= 11 is 0. The number of rotatable bonds is 5. The number of benzene rings is 1. The third-order valence-electron chi connectivity index (χ3n) is 4.13. The lowest BCUT2D eigenvalue weighted by atomic mass is 10.3. The van der Waals surface area contributed by atoms with Crippen LogP contribution in [-0.2, 0) is 0 Å². The fourth-order valence-corrected chi connectivity index (χ4v) is 2.68. The van der Waals surface area contributed by atoms with Crippen molar-refractivity contribution in [2.45, 2.75) is 19.8 Å². The van der Waals surface area contributed by atoms with Crippen LogP contribution in [0.4, 0.5) is 17.3 Å². The molecule has 1 saturated carbocycles. The van der Waals surface area contributed by atoms with Crippen molar-refractivity contribution in [2.24, 2.45) is 5.92 Å². The second-order valence-electron chi connectivity index (χ2n) is 6.17. The van der Waals surface area contributed by atoms with Gasteiger partial charge in [0.25, 0.3) is 0 Å². The summed E-state index contributed by atoms with van der Waals surface area (Å²) in [7, 11) is 0. The molecule has 2 aromatic heterocycles. The molecule has 0 aliphatic heterocycles. The number of anilines is 3.